The van der Waals surface area contributed by atoms with Gasteiger partial charge in [-0.1, -0.05) is 63.8 Å². The summed E-state index contributed by atoms with van der Waals surface area (Å²) in [7, 11) is 3.07. The molecule has 0 saturated heterocycles. The van der Waals surface area contributed by atoms with Crippen LogP contribution in [-0.4, -0.2) is 98.1 Å². The van der Waals surface area contributed by atoms with Gasteiger partial charge in [0.05, 0.1) is 12.1 Å². The Morgan fingerprint density at radius 2 is 1.50 bits per heavy atom. The highest BCUT2D eigenvalue weighted by Crippen LogP contribution is 2.40. The first-order valence-corrected chi connectivity index (χ1v) is 21.9. The average molecular weight is 852 g/mol. The second-order valence-corrected chi connectivity index (χ2v) is 16.0. The Bertz CT molecular complexity index is 2030. The lowest BCUT2D eigenvalue weighted by atomic mass is 9.89. The Morgan fingerprint density at radius 1 is 0.855 bits per heavy atom. The molecule has 4 rings (SSSR count). The Kier molecular flexibility index (Phi) is 19.6. The number of nitrogens with one attached hydrogen (secondary N) is 1. The third-order valence-electron chi connectivity index (χ3n) is 11.3. The van der Waals surface area contributed by atoms with E-state index in [4.69, 9.17) is 26.7 Å². The van der Waals surface area contributed by atoms with Crippen LogP contribution in [0.2, 0.25) is 0 Å². The van der Waals surface area contributed by atoms with E-state index in [0.29, 0.717) is 39.3 Å². The van der Waals surface area contributed by atoms with Crippen molar-refractivity contribution in [3.63, 3.8) is 0 Å². The molecule has 14 nitrogen and oxygen atoms in total. The predicted octanol–water partition coefficient (Wildman–Crippen LogP) is 5.04. The van der Waals surface area contributed by atoms with E-state index in [9.17, 15) is 29.2 Å². The molecule has 3 amide bonds. The number of ketones is 2. The van der Waals surface area contributed by atoms with E-state index in [1.165, 1.54) is 36.1 Å². The summed E-state index contributed by atoms with van der Waals surface area (Å²) >= 11 is 0. The van der Waals surface area contributed by atoms with Crippen molar-refractivity contribution >= 4 is 29.3 Å². The van der Waals surface area contributed by atoms with Gasteiger partial charge in [0.15, 0.2) is 11.6 Å². The number of unbranched alkanes of at least 4 members (excludes halogenated alkanes) is 4. The van der Waals surface area contributed by atoms with E-state index in [1.807, 2.05) is 24.3 Å². The number of nitriles is 1. The van der Waals surface area contributed by atoms with Crippen molar-refractivity contribution in [2.75, 3.05) is 46.9 Å². The number of carbonyl (C=O) groups is 5. The lowest BCUT2D eigenvalue weighted by molar-refractivity contribution is -0.142. The minimum absolute atomic E-state index is 0.0233. The van der Waals surface area contributed by atoms with Gasteiger partial charge in [0.25, 0.3) is 5.91 Å². The number of Topliss-reactive ketones (excluding diaryl/α,β-unsaturated/α-hetero) is 2. The molecule has 3 aromatic rings. The van der Waals surface area contributed by atoms with Crippen LogP contribution in [0, 0.1) is 17.2 Å². The van der Waals surface area contributed by atoms with Gasteiger partial charge in [-0.05, 0) is 85.3 Å². The molecule has 0 radical (unpaired) electrons. The highest BCUT2D eigenvalue weighted by Gasteiger charge is 2.37. The summed E-state index contributed by atoms with van der Waals surface area (Å²) in [6.07, 6.45) is 6.58. The van der Waals surface area contributed by atoms with E-state index in [1.54, 1.807) is 56.4 Å². The van der Waals surface area contributed by atoms with Gasteiger partial charge in [-0.2, -0.15) is 5.26 Å². The largest absolute Gasteiger partial charge is 0.492 e. The Balaban J connectivity index is 1.80. The summed E-state index contributed by atoms with van der Waals surface area (Å²) in [4.78, 5) is 73.3. The zero-order chi connectivity index (χ0) is 45.2. The van der Waals surface area contributed by atoms with E-state index in [-0.39, 0.29) is 76.6 Å². The number of rotatable bonds is 21. The number of amides is 3. The van der Waals surface area contributed by atoms with Crippen LogP contribution in [0.5, 0.6) is 11.5 Å². The van der Waals surface area contributed by atoms with E-state index < -0.39 is 41.6 Å². The first-order chi connectivity index (χ1) is 29.9. The second-order valence-electron chi connectivity index (χ2n) is 16.0. The van der Waals surface area contributed by atoms with Crippen LogP contribution in [-0.2, 0) is 32.0 Å². The SMILES string of the molecule is CCCCCCCc1ccc(C(=O)N(C)[C@@H](CCN)C(=O)N(C)[C@@H]2C(=O)C[C@@H](C)C(=O)N[C@H](C(=O)CCC#N)Cc3ccc(OCCN)c(c3)-c3cc2ccc3OCCN)cc1. The lowest BCUT2D eigenvalue weighted by Crippen LogP contribution is -2.51. The zero-order valence-electron chi connectivity index (χ0n) is 36.8. The highest BCUT2D eigenvalue weighted by atomic mass is 16.5. The van der Waals surface area contributed by atoms with Gasteiger partial charge >= 0.3 is 0 Å². The number of likely N-dealkylation sites (N-methyl/N-ethyl adjacent to an activating group) is 2. The van der Waals surface area contributed by atoms with Crippen LogP contribution in [0.25, 0.3) is 11.1 Å². The lowest BCUT2D eigenvalue weighted by Gasteiger charge is -2.35. The van der Waals surface area contributed by atoms with Crippen molar-refractivity contribution < 1.29 is 33.4 Å². The van der Waals surface area contributed by atoms with Crippen molar-refractivity contribution in [3.05, 3.63) is 82.9 Å². The molecule has 3 aromatic carbocycles. The highest BCUT2D eigenvalue weighted by molar-refractivity contribution is 5.99. The molecular weight excluding hydrogens is 787 g/mol. The third-order valence-corrected chi connectivity index (χ3v) is 11.3. The number of aryl methyl sites for hydroxylation is 1. The van der Waals surface area contributed by atoms with Gasteiger partial charge in [0, 0.05) is 69.1 Å². The van der Waals surface area contributed by atoms with E-state index >= 15 is 0 Å². The van der Waals surface area contributed by atoms with Crippen molar-refractivity contribution in [2.45, 2.75) is 103 Å². The number of fused-ring (bicyclic) bond motifs is 5. The summed E-state index contributed by atoms with van der Waals surface area (Å²) in [6, 6.07) is 16.7. The molecule has 0 fully saturated rings. The molecule has 0 unspecified atom stereocenters. The van der Waals surface area contributed by atoms with Crippen LogP contribution in [0.1, 0.15) is 105 Å². The maximum atomic E-state index is 14.8. The standard InChI is InChI=1S/C48H65N7O7/c1-5-6-7-8-9-11-33-13-16-35(17-14-33)47(59)54(3)40(21-23-50)48(60)55(4)45-36-18-20-44(62-27-25-52)38(31-36)37-29-34(15-19-43(37)61-26-24-51)30-39(41(56)12-10-22-49)53-46(58)32(2)28-42(45)57/h13-20,29,31-32,39-40,45H,5-12,21,23-28,30,50-52H2,1-4H3,(H,53,58)/t32-,39+,40+,45+/m1/s1. The summed E-state index contributed by atoms with van der Waals surface area (Å²) in [5, 5.41) is 12.1. The quantitative estimate of drug-likeness (QED) is 0.104. The van der Waals surface area contributed by atoms with E-state index in [0.717, 1.165) is 24.8 Å². The number of hydrogen-bond donors (Lipinski definition) is 4. The number of carbonyl (C=O) groups excluding carboxylic acids is 5. The maximum absolute atomic E-state index is 14.8. The molecule has 4 atom stereocenters. The Morgan fingerprint density at radius 3 is 2.13 bits per heavy atom. The third kappa shape index (κ3) is 13.2. The maximum Gasteiger partial charge on any atom is 0.254 e. The van der Waals surface area contributed by atoms with Crippen LogP contribution >= 0.6 is 0 Å². The summed E-state index contributed by atoms with van der Waals surface area (Å²) in [5.41, 5.74) is 21.5. The van der Waals surface area contributed by atoms with Crippen LogP contribution < -0.4 is 32.0 Å². The van der Waals surface area contributed by atoms with Gasteiger partial charge in [0.1, 0.15) is 36.8 Å². The van der Waals surface area contributed by atoms with Crippen molar-refractivity contribution in [1.82, 2.24) is 15.1 Å². The van der Waals surface area contributed by atoms with Gasteiger partial charge < -0.3 is 41.8 Å². The molecule has 1 heterocycles. The number of benzene rings is 3. The van der Waals surface area contributed by atoms with Crippen LogP contribution in [0.4, 0.5) is 0 Å². The number of nitrogens with two attached hydrogens (primary N) is 3. The van der Waals surface area contributed by atoms with Crippen LogP contribution in [0.15, 0.2) is 60.7 Å². The number of ether oxygens (including phenoxy) is 2. The first kappa shape index (κ1) is 49.0. The molecule has 1 aliphatic heterocycles. The molecule has 0 saturated carbocycles. The Hall–Kier alpha value is -5.62. The average Bonchev–Trinajstić information content (AvgIpc) is 3.27. The van der Waals surface area contributed by atoms with Gasteiger partial charge in [-0.3, -0.25) is 24.0 Å². The molecule has 0 spiro atoms. The normalized spacial score (nSPS) is 16.9. The molecule has 1 aliphatic rings. The number of hydrogen-bond acceptors (Lipinski definition) is 11. The van der Waals surface area contributed by atoms with E-state index in [2.05, 4.69) is 12.2 Å². The zero-order valence-corrected chi connectivity index (χ0v) is 36.8. The summed E-state index contributed by atoms with van der Waals surface area (Å²) in [5.74, 6) is -2.22. The molecular formula is C48H65N7O7. The topological polar surface area (TPSA) is 224 Å². The minimum atomic E-state index is -1.23. The fourth-order valence-electron chi connectivity index (χ4n) is 7.81. The molecule has 14 heteroatoms. The Labute approximate surface area is 366 Å². The molecule has 0 aliphatic carbocycles. The van der Waals surface area contributed by atoms with Gasteiger partial charge in [0.2, 0.25) is 11.8 Å². The first-order valence-electron chi connectivity index (χ1n) is 21.9. The fraction of sp³-hybridized carbons (Fsp3) is 0.500. The molecule has 62 heavy (non-hydrogen) atoms. The fourth-order valence-corrected chi connectivity index (χ4v) is 7.81. The number of nitrogens with zero attached hydrogens (tertiary/aromatic N) is 3. The van der Waals surface area contributed by atoms with Crippen molar-refractivity contribution in [3.8, 4) is 28.7 Å². The van der Waals surface area contributed by atoms with Gasteiger partial charge in [-0.15, -0.1) is 0 Å². The van der Waals surface area contributed by atoms with Crippen molar-refractivity contribution in [2.24, 2.45) is 23.1 Å². The molecule has 4 bridgehead atoms. The van der Waals surface area contributed by atoms with Crippen molar-refractivity contribution in [1.29, 1.82) is 5.26 Å². The molecule has 334 valence electrons. The molecule has 0 aromatic heterocycles. The predicted molar refractivity (Wildman–Crippen MR) is 239 cm³/mol. The second kappa shape index (κ2) is 24.7. The van der Waals surface area contributed by atoms with Gasteiger partial charge in [-0.25, -0.2) is 0 Å². The monoisotopic (exact) mass is 851 g/mol. The minimum Gasteiger partial charge on any atom is -0.492 e. The smallest absolute Gasteiger partial charge is 0.254 e. The summed E-state index contributed by atoms with van der Waals surface area (Å²) in [6.45, 7) is 4.67. The molecule has 7 N–H and O–H groups in total. The van der Waals surface area contributed by atoms with Crippen LogP contribution in [0.3, 0.4) is 0 Å². The summed E-state index contributed by atoms with van der Waals surface area (Å²) < 4.78 is 12.2.